The maximum atomic E-state index is 12.2. The third-order valence-electron chi connectivity index (χ3n) is 4.43. The van der Waals surface area contributed by atoms with Crippen molar-refractivity contribution in [3.63, 3.8) is 0 Å². The first-order valence-electron chi connectivity index (χ1n) is 10.2. The topological polar surface area (TPSA) is 57.5 Å². The molecule has 3 nitrogen and oxygen atoms in total. The van der Waals surface area contributed by atoms with E-state index in [0.717, 1.165) is 12.8 Å². The summed E-state index contributed by atoms with van der Waals surface area (Å²) in [5, 5.41) is 16.8. The van der Waals surface area contributed by atoms with Crippen molar-refractivity contribution in [1.82, 2.24) is 0 Å². The van der Waals surface area contributed by atoms with Gasteiger partial charge in [0.1, 0.15) is 0 Å². The van der Waals surface area contributed by atoms with E-state index in [1.807, 2.05) is 0 Å². The standard InChI is InChI=1S/C15H30O2.C6HF5O/c1-2-3-4-5-6-7-8-9-10-11-12-13-14-15(16)17;7-1-2(8)4(10)6(12)5(11)3(1)9/h2-14H2,1H3,(H,16,17);12H. The van der Waals surface area contributed by atoms with Gasteiger partial charge in [0.15, 0.2) is 5.75 Å². The lowest BCUT2D eigenvalue weighted by Gasteiger charge is -2.02. The van der Waals surface area contributed by atoms with Crippen molar-refractivity contribution in [3.8, 4) is 5.75 Å². The summed E-state index contributed by atoms with van der Waals surface area (Å²) in [5.74, 6) is -13.6. The molecule has 1 aromatic carbocycles. The SMILES string of the molecule is CCCCCCCCCCCCCCC(=O)O.Oc1c(F)c(F)c(F)c(F)c1F. The normalized spacial score (nSPS) is 10.6. The number of benzene rings is 1. The molecule has 1 rings (SSSR count). The zero-order chi connectivity index (χ0) is 22.2. The third kappa shape index (κ3) is 11.7. The summed E-state index contributed by atoms with van der Waals surface area (Å²) in [5.41, 5.74) is 0. The van der Waals surface area contributed by atoms with Crippen LogP contribution >= 0.6 is 0 Å². The lowest BCUT2D eigenvalue weighted by atomic mass is 10.0. The average molecular weight is 426 g/mol. The van der Waals surface area contributed by atoms with Crippen LogP contribution in [0, 0.1) is 29.1 Å². The Morgan fingerprint density at radius 2 is 0.931 bits per heavy atom. The van der Waals surface area contributed by atoms with Gasteiger partial charge in [-0.25, -0.2) is 13.2 Å². The van der Waals surface area contributed by atoms with Crippen LogP contribution in [-0.2, 0) is 4.79 Å². The number of carbonyl (C=O) groups is 1. The Bertz CT molecular complexity index is 503. The van der Waals surface area contributed by atoms with Crippen molar-refractivity contribution >= 4 is 5.97 Å². The summed E-state index contributed by atoms with van der Waals surface area (Å²) in [4.78, 5) is 10.3. The van der Waals surface area contributed by atoms with Crippen molar-refractivity contribution in [2.45, 2.75) is 90.4 Å². The first-order chi connectivity index (χ1) is 13.7. The molecule has 0 heterocycles. The first-order valence-corrected chi connectivity index (χ1v) is 10.2. The highest BCUT2D eigenvalue weighted by Crippen LogP contribution is 2.27. The van der Waals surface area contributed by atoms with Crippen LogP contribution in [0.2, 0.25) is 0 Å². The molecule has 0 saturated carbocycles. The van der Waals surface area contributed by atoms with Gasteiger partial charge in [0.25, 0.3) is 0 Å². The van der Waals surface area contributed by atoms with Gasteiger partial charge in [0, 0.05) is 6.42 Å². The van der Waals surface area contributed by atoms with Gasteiger partial charge in [-0.15, -0.1) is 0 Å². The second-order valence-electron chi connectivity index (χ2n) is 6.95. The van der Waals surface area contributed by atoms with E-state index in [2.05, 4.69) is 6.92 Å². The van der Waals surface area contributed by atoms with Crippen molar-refractivity contribution in [2.75, 3.05) is 0 Å². The molecule has 8 heteroatoms. The number of carboxylic acid groups (broad SMARTS) is 1. The summed E-state index contributed by atoms with van der Waals surface area (Å²) in [6, 6.07) is 0. The Labute approximate surface area is 168 Å². The van der Waals surface area contributed by atoms with Gasteiger partial charge in [-0.3, -0.25) is 4.79 Å². The lowest BCUT2D eigenvalue weighted by Crippen LogP contribution is -2.00. The van der Waals surface area contributed by atoms with Gasteiger partial charge in [0.05, 0.1) is 0 Å². The van der Waals surface area contributed by atoms with Crippen LogP contribution in [0.5, 0.6) is 5.75 Å². The van der Waals surface area contributed by atoms with E-state index in [-0.39, 0.29) is 0 Å². The highest BCUT2D eigenvalue weighted by atomic mass is 19.2. The monoisotopic (exact) mass is 426 g/mol. The molecule has 0 radical (unpaired) electrons. The van der Waals surface area contributed by atoms with E-state index in [1.54, 1.807) is 0 Å². The molecule has 0 aliphatic rings. The Morgan fingerprint density at radius 3 is 1.28 bits per heavy atom. The largest absolute Gasteiger partial charge is 0.503 e. The number of aromatic hydroxyl groups is 1. The second kappa shape index (κ2) is 16.0. The number of rotatable bonds is 13. The summed E-state index contributed by atoms with van der Waals surface area (Å²) < 4.78 is 60.6. The van der Waals surface area contributed by atoms with E-state index in [9.17, 15) is 26.7 Å². The molecule has 0 aliphatic heterocycles. The maximum Gasteiger partial charge on any atom is 0.303 e. The fourth-order valence-corrected chi connectivity index (χ4v) is 2.71. The van der Waals surface area contributed by atoms with Crippen LogP contribution in [0.1, 0.15) is 90.4 Å². The summed E-state index contributed by atoms with van der Waals surface area (Å²) in [6.45, 7) is 2.25. The molecule has 168 valence electrons. The Hall–Kier alpha value is -1.86. The van der Waals surface area contributed by atoms with E-state index in [4.69, 9.17) is 10.2 Å². The summed E-state index contributed by atoms with van der Waals surface area (Å²) >= 11 is 0. The molecule has 0 aromatic heterocycles. The number of aliphatic carboxylic acids is 1. The van der Waals surface area contributed by atoms with Gasteiger partial charge in [-0.1, -0.05) is 77.6 Å². The fourth-order valence-electron chi connectivity index (χ4n) is 2.71. The van der Waals surface area contributed by atoms with Crippen molar-refractivity contribution in [2.24, 2.45) is 0 Å². The molecule has 0 unspecified atom stereocenters. The molecule has 0 spiro atoms. The van der Waals surface area contributed by atoms with Crippen LogP contribution in [0.3, 0.4) is 0 Å². The third-order valence-corrected chi connectivity index (χ3v) is 4.43. The Kier molecular flexibility index (Phi) is 15.0. The molecule has 29 heavy (non-hydrogen) atoms. The maximum absolute atomic E-state index is 12.2. The molecule has 0 bridgehead atoms. The Morgan fingerprint density at radius 1 is 0.621 bits per heavy atom. The van der Waals surface area contributed by atoms with E-state index in [1.165, 1.54) is 64.2 Å². The number of unbranched alkanes of at least 4 members (excludes halogenated alkanes) is 11. The van der Waals surface area contributed by atoms with Crippen molar-refractivity contribution in [3.05, 3.63) is 29.1 Å². The minimum Gasteiger partial charge on any atom is -0.503 e. The second-order valence-corrected chi connectivity index (χ2v) is 6.95. The predicted molar refractivity (Wildman–Crippen MR) is 101 cm³/mol. The lowest BCUT2D eigenvalue weighted by molar-refractivity contribution is -0.137. The van der Waals surface area contributed by atoms with Gasteiger partial charge in [-0.2, -0.15) is 8.78 Å². The molecule has 1 aromatic rings. The van der Waals surface area contributed by atoms with E-state index < -0.39 is 40.8 Å². The predicted octanol–water partition coefficient (Wildman–Crippen LogP) is 7.25. The molecular weight excluding hydrogens is 395 g/mol. The summed E-state index contributed by atoms with van der Waals surface area (Å²) in [7, 11) is 0. The zero-order valence-electron chi connectivity index (χ0n) is 16.9. The molecule has 0 amide bonds. The number of phenolic OH excluding ortho intramolecular Hbond substituents is 1. The van der Waals surface area contributed by atoms with Crippen molar-refractivity contribution in [1.29, 1.82) is 0 Å². The molecule has 0 atom stereocenters. The fraction of sp³-hybridized carbons (Fsp3) is 0.667. The summed E-state index contributed by atoms with van der Waals surface area (Å²) in [6.07, 6.45) is 15.8. The smallest absolute Gasteiger partial charge is 0.303 e. The van der Waals surface area contributed by atoms with Crippen LogP contribution in [0.25, 0.3) is 0 Å². The number of phenols is 1. The number of hydrogen-bond acceptors (Lipinski definition) is 2. The Balaban J connectivity index is 0.000000571. The first kappa shape index (κ1) is 27.1. The van der Waals surface area contributed by atoms with Crippen LogP contribution in [0.15, 0.2) is 0 Å². The van der Waals surface area contributed by atoms with Gasteiger partial charge >= 0.3 is 5.97 Å². The average Bonchev–Trinajstić information content (AvgIpc) is 2.70. The minimum atomic E-state index is -2.29. The minimum absolute atomic E-state index is 0.345. The molecular formula is C21H31F5O3. The van der Waals surface area contributed by atoms with Gasteiger partial charge < -0.3 is 10.2 Å². The van der Waals surface area contributed by atoms with E-state index in [0.29, 0.717) is 6.42 Å². The highest BCUT2D eigenvalue weighted by molar-refractivity contribution is 5.66. The van der Waals surface area contributed by atoms with Crippen molar-refractivity contribution < 1.29 is 37.0 Å². The highest BCUT2D eigenvalue weighted by Gasteiger charge is 2.24. The number of hydrogen-bond donors (Lipinski definition) is 2. The van der Waals surface area contributed by atoms with Gasteiger partial charge in [-0.05, 0) is 6.42 Å². The quantitative estimate of drug-likeness (QED) is 0.151. The van der Waals surface area contributed by atoms with Crippen LogP contribution in [0.4, 0.5) is 22.0 Å². The van der Waals surface area contributed by atoms with E-state index >= 15 is 0 Å². The van der Waals surface area contributed by atoms with Crippen LogP contribution < -0.4 is 0 Å². The number of halogens is 5. The molecule has 0 aliphatic carbocycles. The van der Waals surface area contributed by atoms with Crippen LogP contribution in [-0.4, -0.2) is 16.2 Å². The molecule has 0 saturated heterocycles. The molecule has 2 N–H and O–H groups in total. The molecule has 0 fully saturated rings. The zero-order valence-corrected chi connectivity index (χ0v) is 16.9. The van der Waals surface area contributed by atoms with Gasteiger partial charge in [0.2, 0.25) is 29.1 Å². The number of carboxylic acids is 1.